The second-order valence-corrected chi connectivity index (χ2v) is 22.0. The predicted octanol–water partition coefficient (Wildman–Crippen LogP) is 8.79. The van der Waals surface area contributed by atoms with E-state index in [1.54, 1.807) is 71.8 Å². The van der Waals surface area contributed by atoms with E-state index in [1.807, 2.05) is 87.2 Å². The molecule has 8 N–H and O–H groups in total. The molecule has 0 aromatic heterocycles. The molecule has 4 atom stereocenters. The number of hydrogen-bond acceptors (Lipinski definition) is 14. The predicted molar refractivity (Wildman–Crippen MR) is 324 cm³/mol. The first-order valence-electron chi connectivity index (χ1n) is 28.4. The first kappa shape index (κ1) is 58.6. The van der Waals surface area contributed by atoms with E-state index in [4.69, 9.17) is 34.4 Å². The van der Waals surface area contributed by atoms with Crippen LogP contribution < -0.4 is 66.4 Å². The molecule has 10 rings (SSSR count). The first-order valence-corrected chi connectivity index (χ1v) is 28.4. The van der Waals surface area contributed by atoms with Gasteiger partial charge in [-0.05, 0) is 108 Å². The van der Waals surface area contributed by atoms with Crippen LogP contribution in [-0.4, -0.2) is 99.5 Å². The van der Waals surface area contributed by atoms with Crippen LogP contribution in [0.1, 0.15) is 89.1 Å². The van der Waals surface area contributed by atoms with E-state index in [2.05, 4.69) is 31.9 Å². The highest BCUT2D eigenvalue weighted by Gasteiger charge is 2.39. The molecule has 21 heteroatoms. The van der Waals surface area contributed by atoms with Gasteiger partial charge in [-0.25, -0.2) is 9.59 Å². The number of amides is 7. The number of methoxy groups -OCH3 is 2. The quantitative estimate of drug-likeness (QED) is 0.0314. The summed E-state index contributed by atoms with van der Waals surface area (Å²) in [6.45, 7) is 8.32. The van der Waals surface area contributed by atoms with E-state index in [1.165, 1.54) is 14.2 Å². The lowest BCUT2D eigenvalue weighted by molar-refractivity contribution is -0.129. The maximum Gasteiger partial charge on any atom is 0.411 e. The number of fused-ring (bicyclic) bond motifs is 8. The monoisotopic (exact) mass is 1150 g/mol. The Bertz CT molecular complexity index is 3550. The highest BCUT2D eigenvalue weighted by Crippen LogP contribution is 2.43. The van der Waals surface area contributed by atoms with Crippen LogP contribution in [-0.2, 0) is 47.0 Å². The first-order chi connectivity index (χ1) is 41.0. The van der Waals surface area contributed by atoms with Crippen molar-refractivity contribution in [2.45, 2.75) is 103 Å². The molecule has 6 aromatic carbocycles. The molecule has 1 unspecified atom stereocenters. The van der Waals surface area contributed by atoms with E-state index in [0.717, 1.165) is 28.9 Å². The van der Waals surface area contributed by atoms with Crippen LogP contribution >= 0.6 is 0 Å². The number of nitrogens with two attached hydrogens (primary N) is 1. The average molecular weight is 1160 g/mol. The molecule has 0 fully saturated rings. The van der Waals surface area contributed by atoms with Gasteiger partial charge < -0.3 is 60.9 Å². The summed E-state index contributed by atoms with van der Waals surface area (Å²) in [5.74, 6) is 0.236. The normalized spacial score (nSPS) is 16.0. The maximum atomic E-state index is 14.2. The smallest absolute Gasteiger partial charge is 0.411 e. The van der Waals surface area contributed by atoms with Gasteiger partial charge in [0.25, 0.3) is 11.8 Å². The molecule has 6 aromatic rings. The summed E-state index contributed by atoms with van der Waals surface area (Å²) < 4.78 is 30.2. The molecule has 85 heavy (non-hydrogen) atoms. The molecule has 21 nitrogen and oxygen atoms in total. The Morgan fingerprint density at radius 2 is 1.32 bits per heavy atom. The van der Waals surface area contributed by atoms with Gasteiger partial charge in [-0.1, -0.05) is 76.2 Å². The fourth-order valence-electron chi connectivity index (χ4n) is 11.1. The zero-order valence-electron chi connectivity index (χ0n) is 48.3. The minimum absolute atomic E-state index is 0.00111. The number of ether oxygens (including phenoxy) is 5. The van der Waals surface area contributed by atoms with Gasteiger partial charge in [0.05, 0.1) is 54.8 Å². The summed E-state index contributed by atoms with van der Waals surface area (Å²) in [5, 5.41) is 17.9. The summed E-state index contributed by atoms with van der Waals surface area (Å²) in [4.78, 5) is 88.7. The SMILES string of the molecule is COc1cc2c(cc1OCc1cc(COc3cc4c(cc3OC)C(=O)N3c5ccccc5C[C@H]3CN4)cc(NC(=O)OCc3ccc(NC(=O)[C@H](CCCNC(N)=O)NC(=O)[C@@H](NC(C)C)C(C)C)cc3)c1)N=CC1Cc3ccccc3N1C2=O. The van der Waals surface area contributed by atoms with Crippen molar-refractivity contribution >= 4 is 76.1 Å². The average Bonchev–Trinajstić information content (AvgIpc) is 1.90. The fourth-order valence-corrected chi connectivity index (χ4v) is 11.1. The third-order valence-electron chi connectivity index (χ3n) is 15.2. The molecule has 0 saturated heterocycles. The summed E-state index contributed by atoms with van der Waals surface area (Å²) >= 11 is 0. The number of anilines is 5. The van der Waals surface area contributed by atoms with Crippen LogP contribution in [0.5, 0.6) is 23.0 Å². The molecule has 7 amide bonds. The Balaban J connectivity index is 0.843. The molecule has 4 aliphatic rings. The van der Waals surface area contributed by atoms with Gasteiger partial charge in [0.15, 0.2) is 23.0 Å². The number of urea groups is 1. The van der Waals surface area contributed by atoms with E-state index in [-0.39, 0.29) is 74.6 Å². The van der Waals surface area contributed by atoms with Crippen molar-refractivity contribution in [3.05, 3.63) is 154 Å². The van der Waals surface area contributed by atoms with Crippen molar-refractivity contribution in [3.63, 3.8) is 0 Å². The lowest BCUT2D eigenvalue weighted by Crippen LogP contribution is -2.54. The van der Waals surface area contributed by atoms with Crippen molar-refractivity contribution in [2.24, 2.45) is 16.6 Å². The van der Waals surface area contributed by atoms with Crippen LogP contribution in [0.4, 0.5) is 43.7 Å². The van der Waals surface area contributed by atoms with Crippen LogP contribution in [0.15, 0.2) is 120 Å². The topological polar surface area (TPSA) is 266 Å². The van der Waals surface area contributed by atoms with Crippen LogP contribution in [0.3, 0.4) is 0 Å². The molecule has 0 bridgehead atoms. The molecular formula is C64H70N10O11. The fraction of sp³-hybridized carbons (Fsp3) is 0.328. The Labute approximate surface area is 493 Å². The Kier molecular flexibility index (Phi) is 17.8. The Morgan fingerprint density at radius 3 is 1.98 bits per heavy atom. The minimum Gasteiger partial charge on any atom is -0.493 e. The molecular weight excluding hydrogens is 1080 g/mol. The maximum absolute atomic E-state index is 14.2. The zero-order chi connectivity index (χ0) is 59.9. The zero-order valence-corrected chi connectivity index (χ0v) is 48.3. The largest absolute Gasteiger partial charge is 0.493 e. The van der Waals surface area contributed by atoms with Crippen LogP contribution in [0.2, 0.25) is 0 Å². The summed E-state index contributed by atoms with van der Waals surface area (Å²) in [6, 6.07) is 32.2. The van der Waals surface area contributed by atoms with Crippen molar-refractivity contribution < 1.29 is 52.5 Å². The second kappa shape index (κ2) is 25.9. The van der Waals surface area contributed by atoms with Gasteiger partial charge in [-0.15, -0.1) is 0 Å². The van der Waals surface area contributed by atoms with Crippen molar-refractivity contribution in [2.75, 3.05) is 53.1 Å². The highest BCUT2D eigenvalue weighted by molar-refractivity contribution is 6.15. The molecule has 0 spiro atoms. The number of hydrogen-bond donors (Lipinski definition) is 7. The number of benzene rings is 6. The van der Waals surface area contributed by atoms with Crippen LogP contribution in [0, 0.1) is 5.92 Å². The lowest BCUT2D eigenvalue weighted by atomic mass is 10.0. The molecule has 4 heterocycles. The van der Waals surface area contributed by atoms with Gasteiger partial charge >= 0.3 is 12.1 Å². The molecule has 0 aliphatic carbocycles. The van der Waals surface area contributed by atoms with Gasteiger partial charge in [0.2, 0.25) is 11.8 Å². The van der Waals surface area contributed by atoms with Gasteiger partial charge in [0.1, 0.15) is 25.9 Å². The summed E-state index contributed by atoms with van der Waals surface area (Å²) in [7, 11) is 3.02. The summed E-state index contributed by atoms with van der Waals surface area (Å²) in [6.07, 6.45) is 3.01. The Morgan fingerprint density at radius 1 is 0.682 bits per heavy atom. The minimum atomic E-state index is -0.921. The second-order valence-electron chi connectivity index (χ2n) is 22.0. The van der Waals surface area contributed by atoms with Gasteiger partial charge in [0, 0.05) is 66.6 Å². The standard InChI is InChI=1S/C64H70N10O11/c1-36(2)58(69-37(3)4)60(76)72-49(14-11-21-66-63(65)79)59(75)70-43-19-17-38(18-20-43)33-85-64(80)71-44-23-39(34-83-56-29-50-47(27-54(56)81-5)61(77)73-45(31-67-50)25-41-12-7-9-15-52(41)73)22-40(24-44)35-84-57-30-51-48(28-55(57)82-6)62(78)74-46(32-68-51)26-42-13-8-10-16-53(42)74/h7-10,12-13,15-20,22-24,27-31,36-37,45-46,49,58,68-69H,11,14,21,25-26,32-35H2,1-6H3,(H,70,75)(H,71,80)(H,72,76)(H3,65,66,79)/t45?,46-,49-,58-/m0/s1. The van der Waals surface area contributed by atoms with E-state index >= 15 is 0 Å². The number of aliphatic imine (C=N–C) groups is 1. The number of carbonyl (C=O) groups excluding carboxylic acids is 6. The number of primary amides is 1. The molecule has 4 aliphatic heterocycles. The van der Waals surface area contributed by atoms with E-state index in [9.17, 15) is 28.8 Å². The number of carbonyl (C=O) groups is 6. The molecule has 0 radical (unpaired) electrons. The van der Waals surface area contributed by atoms with Crippen molar-refractivity contribution in [1.82, 2.24) is 16.0 Å². The van der Waals surface area contributed by atoms with Crippen molar-refractivity contribution in [1.29, 1.82) is 0 Å². The number of nitrogens with one attached hydrogen (secondary N) is 6. The number of rotatable bonds is 22. The Hall–Kier alpha value is -9.63. The third-order valence-corrected chi connectivity index (χ3v) is 15.2. The number of nitrogens with zero attached hydrogens (tertiary/aromatic N) is 3. The molecule has 0 saturated carbocycles. The van der Waals surface area contributed by atoms with Gasteiger partial charge in [-0.3, -0.25) is 34.4 Å². The number of para-hydroxylation sites is 2. The highest BCUT2D eigenvalue weighted by atomic mass is 16.5. The molecule has 442 valence electrons. The van der Waals surface area contributed by atoms with E-state index < -0.39 is 30.1 Å². The van der Waals surface area contributed by atoms with Crippen molar-refractivity contribution in [3.8, 4) is 23.0 Å². The third kappa shape index (κ3) is 13.4. The van der Waals surface area contributed by atoms with Crippen LogP contribution in [0.25, 0.3) is 0 Å². The lowest BCUT2D eigenvalue weighted by Gasteiger charge is -2.27. The summed E-state index contributed by atoms with van der Waals surface area (Å²) in [5.41, 5.74) is 13.7. The van der Waals surface area contributed by atoms with E-state index in [0.29, 0.717) is 93.0 Å². The van der Waals surface area contributed by atoms with Gasteiger partial charge in [-0.2, -0.15) is 0 Å².